The van der Waals surface area contributed by atoms with E-state index < -0.39 is 6.04 Å². The van der Waals surface area contributed by atoms with Crippen LogP contribution < -0.4 is 16.4 Å². The molecule has 0 bridgehead atoms. The number of piperidine rings is 2. The van der Waals surface area contributed by atoms with Gasteiger partial charge in [-0.15, -0.1) is 0 Å². The molecule has 2 saturated carbocycles. The highest BCUT2D eigenvalue weighted by Gasteiger charge is 2.41. The minimum Gasteiger partial charge on any atom is -0.383 e. The van der Waals surface area contributed by atoms with Crippen LogP contribution in [0.4, 0.5) is 5.82 Å². The number of fused-ring (bicyclic) bond motifs is 2. The molecular formula is C43H47N11O5. The summed E-state index contributed by atoms with van der Waals surface area (Å²) in [4.78, 5) is 68.0. The third-order valence-corrected chi connectivity index (χ3v) is 13.0. The number of rotatable bonds is 12. The van der Waals surface area contributed by atoms with Gasteiger partial charge in [-0.2, -0.15) is 5.10 Å². The first-order valence-corrected chi connectivity index (χ1v) is 21.0. The maximum Gasteiger partial charge on any atom is 0.255 e. The minimum absolute atomic E-state index is 0.0147. The van der Waals surface area contributed by atoms with Gasteiger partial charge in [-0.1, -0.05) is 23.4 Å². The zero-order valence-electron chi connectivity index (χ0n) is 32.8. The van der Waals surface area contributed by atoms with E-state index >= 15 is 0 Å². The van der Waals surface area contributed by atoms with Gasteiger partial charge in [0.2, 0.25) is 17.7 Å². The molecule has 4 aromatic heterocycles. The van der Waals surface area contributed by atoms with Crippen molar-refractivity contribution in [2.24, 2.45) is 5.92 Å². The molecule has 2 saturated heterocycles. The maximum absolute atomic E-state index is 13.2. The quantitative estimate of drug-likeness (QED) is 0.118. The molecule has 10 rings (SSSR count). The van der Waals surface area contributed by atoms with Gasteiger partial charge in [-0.25, -0.2) is 14.6 Å². The van der Waals surface area contributed by atoms with Crippen LogP contribution in [-0.2, 0) is 20.9 Å². The number of hydrogen-bond acceptors (Lipinski definition) is 12. The molecule has 4 fully saturated rings. The predicted octanol–water partition coefficient (Wildman–Crippen LogP) is 4.49. The number of amides is 4. The van der Waals surface area contributed by atoms with E-state index in [0.29, 0.717) is 78.0 Å². The maximum atomic E-state index is 13.2. The molecule has 1 aromatic carbocycles. The van der Waals surface area contributed by atoms with Gasteiger partial charge >= 0.3 is 0 Å². The van der Waals surface area contributed by atoms with Gasteiger partial charge < -0.3 is 25.4 Å². The second-order valence-corrected chi connectivity index (χ2v) is 16.8. The number of nitrogens with two attached hydrogens (primary N) is 1. The van der Waals surface area contributed by atoms with E-state index in [9.17, 15) is 19.2 Å². The van der Waals surface area contributed by atoms with E-state index in [2.05, 4.69) is 47.8 Å². The number of nitrogen functional groups attached to an aromatic ring is 1. The average Bonchev–Trinajstić information content (AvgIpc) is 3.74. The van der Waals surface area contributed by atoms with Gasteiger partial charge in [0.25, 0.3) is 5.91 Å². The molecule has 0 spiro atoms. The van der Waals surface area contributed by atoms with E-state index in [1.54, 1.807) is 11.1 Å². The third kappa shape index (κ3) is 7.02. The van der Waals surface area contributed by atoms with E-state index in [0.717, 1.165) is 80.7 Å². The highest BCUT2D eigenvalue weighted by Crippen LogP contribution is 2.49. The number of hydrogen-bond donors (Lipinski definition) is 3. The molecule has 304 valence electrons. The lowest BCUT2D eigenvalue weighted by Crippen LogP contribution is -2.52. The van der Waals surface area contributed by atoms with Crippen LogP contribution >= 0.6 is 0 Å². The Bertz CT molecular complexity index is 2450. The van der Waals surface area contributed by atoms with Crippen molar-refractivity contribution in [3.8, 4) is 22.6 Å². The van der Waals surface area contributed by atoms with Crippen LogP contribution in [0, 0.1) is 5.92 Å². The third-order valence-electron chi connectivity index (χ3n) is 13.0. The summed E-state index contributed by atoms with van der Waals surface area (Å²) in [6.07, 6.45) is 11.2. The Morgan fingerprint density at radius 2 is 1.80 bits per heavy atom. The largest absolute Gasteiger partial charge is 0.383 e. The Morgan fingerprint density at radius 1 is 0.949 bits per heavy atom. The molecule has 16 nitrogen and oxygen atoms in total. The fourth-order valence-corrected chi connectivity index (χ4v) is 9.42. The molecule has 4 N–H and O–H groups in total. The van der Waals surface area contributed by atoms with Crippen molar-refractivity contribution in [1.29, 1.82) is 0 Å². The van der Waals surface area contributed by atoms with Crippen LogP contribution in [0.2, 0.25) is 0 Å². The van der Waals surface area contributed by atoms with E-state index in [4.69, 9.17) is 15.4 Å². The summed E-state index contributed by atoms with van der Waals surface area (Å²) in [7, 11) is 0. The summed E-state index contributed by atoms with van der Waals surface area (Å²) < 4.78 is 7.80. The number of aromatic nitrogens is 6. The number of benzene rings is 1. The predicted molar refractivity (Wildman–Crippen MR) is 215 cm³/mol. The molecule has 59 heavy (non-hydrogen) atoms. The van der Waals surface area contributed by atoms with Gasteiger partial charge in [-0.3, -0.25) is 29.5 Å². The zero-order chi connectivity index (χ0) is 40.2. The van der Waals surface area contributed by atoms with Gasteiger partial charge in [0, 0.05) is 43.1 Å². The van der Waals surface area contributed by atoms with Gasteiger partial charge in [0.15, 0.2) is 5.65 Å². The number of likely N-dealkylation sites (tertiary alicyclic amines) is 1. The molecule has 16 heteroatoms. The van der Waals surface area contributed by atoms with Crippen LogP contribution in [0.15, 0.2) is 53.4 Å². The number of nitrogens with one attached hydrogen (secondary N) is 2. The minimum atomic E-state index is -0.599. The monoisotopic (exact) mass is 797 g/mol. The van der Waals surface area contributed by atoms with Crippen LogP contribution in [0.1, 0.15) is 109 Å². The smallest absolute Gasteiger partial charge is 0.255 e. The van der Waals surface area contributed by atoms with Crippen molar-refractivity contribution in [2.75, 3.05) is 31.9 Å². The highest BCUT2D eigenvalue weighted by atomic mass is 16.5. The molecule has 5 aliphatic rings. The number of nitrogens with zero attached hydrogens (tertiary/aromatic N) is 8. The first kappa shape index (κ1) is 37.3. The summed E-state index contributed by atoms with van der Waals surface area (Å²) in [6, 6.07) is 11.3. The number of carbonyl (C=O) groups is 4. The van der Waals surface area contributed by atoms with Crippen molar-refractivity contribution >= 4 is 40.5 Å². The second kappa shape index (κ2) is 15.3. The molecular weight excluding hydrogens is 751 g/mol. The number of imide groups is 1. The van der Waals surface area contributed by atoms with E-state index in [1.165, 1.54) is 11.9 Å². The van der Waals surface area contributed by atoms with Crippen molar-refractivity contribution in [1.82, 2.24) is 50.3 Å². The normalized spacial score (nSPS) is 22.4. The van der Waals surface area contributed by atoms with Crippen molar-refractivity contribution in [3.63, 3.8) is 0 Å². The summed E-state index contributed by atoms with van der Waals surface area (Å²) in [5.41, 5.74) is 12.7. The number of carbonyl (C=O) groups excluding carboxylic acids is 4. The lowest BCUT2D eigenvalue weighted by molar-refractivity contribution is -0.137. The molecule has 0 radical (unpaired) electrons. The lowest BCUT2D eigenvalue weighted by Gasteiger charge is -2.34. The Labute approximate surface area is 340 Å². The van der Waals surface area contributed by atoms with Gasteiger partial charge in [0.1, 0.15) is 35.3 Å². The molecule has 4 amide bonds. The fraction of sp³-hybridized carbons (Fsp3) is 0.465. The van der Waals surface area contributed by atoms with Gasteiger partial charge in [0.05, 0.1) is 22.7 Å². The van der Waals surface area contributed by atoms with Crippen LogP contribution in [-0.4, -0.2) is 95.5 Å². The van der Waals surface area contributed by atoms with Crippen molar-refractivity contribution in [3.05, 3.63) is 71.4 Å². The van der Waals surface area contributed by atoms with Gasteiger partial charge in [-0.05, 0) is 113 Å². The summed E-state index contributed by atoms with van der Waals surface area (Å²) in [6.45, 7) is 4.04. The number of pyridine rings is 1. The average molecular weight is 798 g/mol. The van der Waals surface area contributed by atoms with Crippen LogP contribution in [0.25, 0.3) is 33.7 Å². The first-order valence-electron chi connectivity index (χ1n) is 21.0. The zero-order valence-corrected chi connectivity index (χ0v) is 32.8. The number of anilines is 1. The van der Waals surface area contributed by atoms with Crippen molar-refractivity contribution in [2.45, 2.75) is 94.7 Å². The van der Waals surface area contributed by atoms with E-state index in [-0.39, 0.29) is 42.0 Å². The molecule has 0 unspecified atom stereocenters. The SMILES string of the molecule is Nc1ncnc2c1c(-c1noc(C3CC3)c1-c1ccccn1)nn2C1CC(C(=O)NCCCCN2CCC(c3ccc4c(c3)CN([C@@H]3CCC(=O)NC3=O)C4=O)CC2)C1. The summed E-state index contributed by atoms with van der Waals surface area (Å²) in [5, 5.41) is 15.7. The van der Waals surface area contributed by atoms with E-state index in [1.807, 2.05) is 28.9 Å². The molecule has 1 atom stereocenters. The molecule has 5 aromatic rings. The molecule has 7 heterocycles. The highest BCUT2D eigenvalue weighted by molar-refractivity contribution is 6.05. The Hall–Kier alpha value is -6.03. The fourth-order valence-electron chi connectivity index (χ4n) is 9.42. The van der Waals surface area contributed by atoms with Crippen LogP contribution in [0.3, 0.4) is 0 Å². The Balaban J connectivity index is 0.692. The Kier molecular flexibility index (Phi) is 9.65. The Morgan fingerprint density at radius 3 is 2.58 bits per heavy atom. The summed E-state index contributed by atoms with van der Waals surface area (Å²) in [5.74, 6) is 1.04. The molecule has 2 aliphatic carbocycles. The first-order chi connectivity index (χ1) is 28.8. The second-order valence-electron chi connectivity index (χ2n) is 16.8. The van der Waals surface area contributed by atoms with Crippen LogP contribution in [0.5, 0.6) is 0 Å². The topological polar surface area (TPSA) is 207 Å². The standard InChI is InChI=1S/C43H47N11O5/c44-39-35-36(37-34(31-5-1-2-14-45-31)38(59-51-37)25-6-7-25)50-54(40(35)48-23-47-39)29-20-27(21-29)41(56)46-15-3-4-16-52-17-12-24(13-18-52)26-8-9-30-28(19-26)22-53(43(30)58)32-10-11-33(55)49-42(32)57/h1-2,5,8-9,14,19,23-25,27,29,32H,3-4,6-7,10-13,15-18,20-22H2,(H,46,56)(H2,44,47,48)(H,49,55,57)/t27?,29?,32-/m1/s1. The lowest BCUT2D eigenvalue weighted by atomic mass is 9.79. The van der Waals surface area contributed by atoms with Crippen molar-refractivity contribution < 1.29 is 23.7 Å². The summed E-state index contributed by atoms with van der Waals surface area (Å²) >= 11 is 0. The molecule has 3 aliphatic heterocycles. The number of unbranched alkanes of at least 4 members (excludes halogenated alkanes) is 1.